The van der Waals surface area contributed by atoms with Crippen LogP contribution in [0.3, 0.4) is 0 Å². The Balaban J connectivity index is 1.78. The molecule has 0 bridgehead atoms. The monoisotopic (exact) mass is 260 g/mol. The van der Waals surface area contributed by atoms with Gasteiger partial charge in [-0.2, -0.15) is 0 Å². The average molecular weight is 260 g/mol. The molecule has 104 valence electrons. The third kappa shape index (κ3) is 3.80. The van der Waals surface area contributed by atoms with E-state index in [-0.39, 0.29) is 5.54 Å². The highest BCUT2D eigenvalue weighted by Gasteiger charge is 2.35. The van der Waals surface area contributed by atoms with Crippen molar-refractivity contribution in [1.82, 2.24) is 10.2 Å². The minimum atomic E-state index is -0.0503. The summed E-state index contributed by atoms with van der Waals surface area (Å²) in [5.74, 6) is 0.731. The maximum Gasteiger partial charge on any atom is 0.223 e. The summed E-state index contributed by atoms with van der Waals surface area (Å²) in [5, 5.41) is 3.46. The van der Waals surface area contributed by atoms with E-state index in [4.69, 9.17) is 0 Å². The lowest BCUT2D eigenvalue weighted by atomic mass is 10.1. The van der Waals surface area contributed by atoms with Gasteiger partial charge in [-0.1, -0.05) is 30.3 Å². The maximum absolute atomic E-state index is 12.0. The molecule has 1 fully saturated rings. The fraction of sp³-hybridized carbons (Fsp3) is 0.562. The second-order valence-electron chi connectivity index (χ2n) is 6.36. The summed E-state index contributed by atoms with van der Waals surface area (Å²) >= 11 is 0. The standard InChI is InChI=1S/C16H24N2O/c1-16(2,3)18-12-14(9-15(18)19)11-17-10-13-7-5-4-6-8-13/h4-8,14,17H,9-12H2,1-3H3. The molecule has 0 aromatic heterocycles. The molecule has 1 aromatic rings. The molecule has 1 aliphatic rings. The molecule has 3 heteroatoms. The fourth-order valence-electron chi connectivity index (χ4n) is 2.58. The molecule has 0 saturated carbocycles. The number of carbonyl (C=O) groups excluding carboxylic acids is 1. The first-order valence-corrected chi connectivity index (χ1v) is 7.02. The lowest BCUT2D eigenvalue weighted by Gasteiger charge is -2.32. The summed E-state index contributed by atoms with van der Waals surface area (Å²) in [6.45, 7) is 8.97. The first-order valence-electron chi connectivity index (χ1n) is 7.02. The lowest BCUT2D eigenvalue weighted by molar-refractivity contribution is -0.131. The van der Waals surface area contributed by atoms with Crippen LogP contribution < -0.4 is 5.32 Å². The summed E-state index contributed by atoms with van der Waals surface area (Å²) in [7, 11) is 0. The number of nitrogens with zero attached hydrogens (tertiary/aromatic N) is 1. The smallest absolute Gasteiger partial charge is 0.223 e. The first kappa shape index (κ1) is 14.1. The number of likely N-dealkylation sites (tertiary alicyclic amines) is 1. The average Bonchev–Trinajstić information content (AvgIpc) is 2.72. The molecule has 0 radical (unpaired) electrons. The van der Waals surface area contributed by atoms with Crippen LogP contribution in [0, 0.1) is 5.92 Å². The van der Waals surface area contributed by atoms with Crippen LogP contribution in [0.2, 0.25) is 0 Å². The zero-order chi connectivity index (χ0) is 13.9. The highest BCUT2D eigenvalue weighted by atomic mass is 16.2. The number of carbonyl (C=O) groups is 1. The van der Waals surface area contributed by atoms with Gasteiger partial charge in [0, 0.05) is 31.6 Å². The molecular weight excluding hydrogens is 236 g/mol. The molecule has 0 aliphatic carbocycles. The largest absolute Gasteiger partial charge is 0.338 e. The predicted octanol–water partition coefficient (Wildman–Crippen LogP) is 2.42. The van der Waals surface area contributed by atoms with E-state index in [0.717, 1.165) is 19.6 Å². The quantitative estimate of drug-likeness (QED) is 0.901. The van der Waals surface area contributed by atoms with Crippen molar-refractivity contribution >= 4 is 5.91 Å². The highest BCUT2D eigenvalue weighted by Crippen LogP contribution is 2.25. The van der Waals surface area contributed by atoms with Crippen molar-refractivity contribution in [3.8, 4) is 0 Å². The molecule has 0 spiro atoms. The van der Waals surface area contributed by atoms with Crippen molar-refractivity contribution in [3.63, 3.8) is 0 Å². The number of rotatable bonds is 4. The van der Waals surface area contributed by atoms with Crippen molar-refractivity contribution in [3.05, 3.63) is 35.9 Å². The van der Waals surface area contributed by atoms with Crippen LogP contribution in [0.15, 0.2) is 30.3 Å². The van der Waals surface area contributed by atoms with Gasteiger partial charge in [0.05, 0.1) is 0 Å². The number of benzene rings is 1. The summed E-state index contributed by atoms with van der Waals surface area (Å²) in [4.78, 5) is 14.0. The summed E-state index contributed by atoms with van der Waals surface area (Å²) in [6, 6.07) is 10.4. The highest BCUT2D eigenvalue weighted by molar-refractivity contribution is 5.79. The minimum absolute atomic E-state index is 0.0503. The van der Waals surface area contributed by atoms with Crippen molar-refractivity contribution in [2.75, 3.05) is 13.1 Å². The van der Waals surface area contributed by atoms with Gasteiger partial charge in [-0.15, -0.1) is 0 Å². The molecule has 19 heavy (non-hydrogen) atoms. The Morgan fingerprint density at radius 3 is 2.53 bits per heavy atom. The zero-order valence-electron chi connectivity index (χ0n) is 12.1. The molecule has 3 nitrogen and oxygen atoms in total. The van der Waals surface area contributed by atoms with Crippen molar-refractivity contribution in [2.24, 2.45) is 5.92 Å². The Bertz CT molecular complexity index is 422. The number of hydrogen-bond donors (Lipinski definition) is 1. The van der Waals surface area contributed by atoms with Crippen LogP contribution in [0.25, 0.3) is 0 Å². The van der Waals surface area contributed by atoms with E-state index in [0.29, 0.717) is 18.2 Å². The minimum Gasteiger partial charge on any atom is -0.338 e. The van der Waals surface area contributed by atoms with Gasteiger partial charge in [-0.3, -0.25) is 4.79 Å². The van der Waals surface area contributed by atoms with E-state index in [9.17, 15) is 4.79 Å². The molecule has 1 aromatic carbocycles. The lowest BCUT2D eigenvalue weighted by Crippen LogP contribution is -2.42. The topological polar surface area (TPSA) is 32.3 Å². The van der Waals surface area contributed by atoms with Gasteiger partial charge in [0.25, 0.3) is 0 Å². The Hall–Kier alpha value is -1.35. The molecule has 1 amide bonds. The van der Waals surface area contributed by atoms with Gasteiger partial charge in [0.2, 0.25) is 5.91 Å². The number of hydrogen-bond acceptors (Lipinski definition) is 2. The second-order valence-corrected chi connectivity index (χ2v) is 6.36. The third-order valence-corrected chi connectivity index (χ3v) is 3.62. The van der Waals surface area contributed by atoms with Crippen molar-refractivity contribution < 1.29 is 4.79 Å². The van der Waals surface area contributed by atoms with Gasteiger partial charge >= 0.3 is 0 Å². The summed E-state index contributed by atoms with van der Waals surface area (Å²) in [5.41, 5.74) is 1.24. The van der Waals surface area contributed by atoms with Gasteiger partial charge in [-0.25, -0.2) is 0 Å². The number of nitrogens with one attached hydrogen (secondary N) is 1. The normalized spacial score (nSPS) is 20.1. The van der Waals surface area contributed by atoms with Gasteiger partial charge in [0.15, 0.2) is 0 Å². The number of amides is 1. The second kappa shape index (κ2) is 5.74. The molecule has 1 unspecified atom stereocenters. The Morgan fingerprint density at radius 1 is 1.26 bits per heavy atom. The van der Waals surface area contributed by atoms with Crippen LogP contribution in [0.1, 0.15) is 32.8 Å². The van der Waals surface area contributed by atoms with E-state index in [1.165, 1.54) is 5.56 Å². The van der Waals surface area contributed by atoms with Gasteiger partial charge < -0.3 is 10.2 Å². The summed E-state index contributed by atoms with van der Waals surface area (Å²) < 4.78 is 0. The molecule has 1 saturated heterocycles. The van der Waals surface area contributed by atoms with Crippen molar-refractivity contribution in [1.29, 1.82) is 0 Å². The SMILES string of the molecule is CC(C)(C)N1CC(CNCc2ccccc2)CC1=O. The zero-order valence-corrected chi connectivity index (χ0v) is 12.1. The van der Waals surface area contributed by atoms with Crippen LogP contribution in [-0.2, 0) is 11.3 Å². The van der Waals surface area contributed by atoms with E-state index in [1.807, 2.05) is 11.0 Å². The van der Waals surface area contributed by atoms with E-state index in [1.54, 1.807) is 0 Å². The van der Waals surface area contributed by atoms with Crippen LogP contribution in [0.4, 0.5) is 0 Å². The Labute approximate surface area is 116 Å². The fourth-order valence-corrected chi connectivity index (χ4v) is 2.58. The molecule has 1 heterocycles. The van der Waals surface area contributed by atoms with Crippen LogP contribution in [0.5, 0.6) is 0 Å². The van der Waals surface area contributed by atoms with Crippen LogP contribution in [-0.4, -0.2) is 29.4 Å². The predicted molar refractivity (Wildman–Crippen MR) is 77.7 cm³/mol. The van der Waals surface area contributed by atoms with E-state index < -0.39 is 0 Å². The van der Waals surface area contributed by atoms with Crippen molar-refractivity contribution in [2.45, 2.75) is 39.3 Å². The molecule has 1 N–H and O–H groups in total. The van der Waals surface area contributed by atoms with Gasteiger partial charge in [-0.05, 0) is 32.3 Å². The van der Waals surface area contributed by atoms with E-state index >= 15 is 0 Å². The van der Waals surface area contributed by atoms with E-state index in [2.05, 4.69) is 50.4 Å². The summed E-state index contributed by atoms with van der Waals surface area (Å²) in [6.07, 6.45) is 0.680. The molecule has 1 aliphatic heterocycles. The maximum atomic E-state index is 12.0. The first-order chi connectivity index (χ1) is 8.97. The third-order valence-electron chi connectivity index (χ3n) is 3.62. The van der Waals surface area contributed by atoms with Crippen LogP contribution >= 0.6 is 0 Å². The molecule has 2 rings (SSSR count). The Kier molecular flexibility index (Phi) is 4.25. The molecular formula is C16H24N2O. The van der Waals surface area contributed by atoms with Gasteiger partial charge in [0.1, 0.15) is 0 Å². The molecule has 1 atom stereocenters. The Morgan fingerprint density at radius 2 is 1.95 bits per heavy atom.